The van der Waals surface area contributed by atoms with E-state index in [2.05, 4.69) is 49.1 Å². The van der Waals surface area contributed by atoms with Gasteiger partial charge in [-0.1, -0.05) is 5.21 Å². The molecule has 2 atom stereocenters. The van der Waals surface area contributed by atoms with Crippen molar-refractivity contribution in [3.05, 3.63) is 11.9 Å². The van der Waals surface area contributed by atoms with E-state index in [1.54, 1.807) is 0 Å². The molecule has 0 radical (unpaired) electrons. The number of nitrogens with zero attached hydrogens (tertiary/aromatic N) is 4. The van der Waals surface area contributed by atoms with Gasteiger partial charge in [-0.05, 0) is 53.0 Å². The number of hydrogen-bond acceptors (Lipinski definition) is 4. The van der Waals surface area contributed by atoms with E-state index in [9.17, 15) is 0 Å². The highest BCUT2D eigenvalue weighted by atomic mass is 35.5. The van der Waals surface area contributed by atoms with Gasteiger partial charge in [-0.2, -0.15) is 0 Å². The molecule has 20 heavy (non-hydrogen) atoms. The van der Waals surface area contributed by atoms with Gasteiger partial charge in [0.2, 0.25) is 0 Å². The van der Waals surface area contributed by atoms with E-state index in [-0.39, 0.29) is 24.0 Å². The third kappa shape index (κ3) is 4.43. The maximum absolute atomic E-state index is 6.03. The quantitative estimate of drug-likeness (QED) is 0.928. The molecule has 0 aliphatic carbocycles. The van der Waals surface area contributed by atoms with Crippen LogP contribution in [0.1, 0.15) is 46.2 Å². The summed E-state index contributed by atoms with van der Waals surface area (Å²) in [7, 11) is 0. The molecule has 1 aliphatic rings. The summed E-state index contributed by atoms with van der Waals surface area (Å²) in [6.07, 6.45) is 4.55. The SMILES string of the molecule is CC(N)C1CCCN(Cc2cn(C(C)(C)C)nn2)C1.Cl. The summed E-state index contributed by atoms with van der Waals surface area (Å²) in [6.45, 7) is 11.6. The lowest BCUT2D eigenvalue weighted by atomic mass is 9.92. The molecular formula is C14H28ClN5. The topological polar surface area (TPSA) is 60.0 Å². The zero-order valence-electron chi connectivity index (χ0n) is 13.0. The van der Waals surface area contributed by atoms with Crippen LogP contribution < -0.4 is 5.73 Å². The second kappa shape index (κ2) is 6.87. The van der Waals surface area contributed by atoms with Gasteiger partial charge in [-0.3, -0.25) is 4.90 Å². The minimum absolute atomic E-state index is 0. The molecule has 1 aromatic rings. The Morgan fingerprint density at radius 3 is 2.70 bits per heavy atom. The molecule has 0 amide bonds. The van der Waals surface area contributed by atoms with Crippen LogP contribution in [0.4, 0.5) is 0 Å². The van der Waals surface area contributed by atoms with E-state index in [4.69, 9.17) is 5.73 Å². The standard InChI is InChI=1S/C14H27N5.ClH/c1-11(15)12-6-5-7-18(8-12)9-13-10-19(17-16-13)14(2,3)4;/h10-12H,5-9,15H2,1-4H3;1H. The number of halogens is 1. The van der Waals surface area contributed by atoms with Gasteiger partial charge in [0, 0.05) is 19.1 Å². The van der Waals surface area contributed by atoms with Crippen LogP contribution in [0.2, 0.25) is 0 Å². The van der Waals surface area contributed by atoms with E-state index < -0.39 is 0 Å². The fourth-order valence-electron chi connectivity index (χ4n) is 2.59. The summed E-state index contributed by atoms with van der Waals surface area (Å²) < 4.78 is 1.94. The maximum atomic E-state index is 6.03. The molecule has 0 bridgehead atoms. The molecule has 1 aliphatic heterocycles. The van der Waals surface area contributed by atoms with Gasteiger partial charge >= 0.3 is 0 Å². The Balaban J connectivity index is 0.00000200. The largest absolute Gasteiger partial charge is 0.328 e. The Hall–Kier alpha value is -0.650. The van der Waals surface area contributed by atoms with Crippen molar-refractivity contribution in [2.24, 2.45) is 11.7 Å². The van der Waals surface area contributed by atoms with E-state index >= 15 is 0 Å². The monoisotopic (exact) mass is 301 g/mol. The minimum Gasteiger partial charge on any atom is -0.328 e. The Morgan fingerprint density at radius 1 is 1.45 bits per heavy atom. The summed E-state index contributed by atoms with van der Waals surface area (Å²) in [6, 6.07) is 0.285. The third-order valence-corrected chi connectivity index (χ3v) is 3.90. The first-order valence-electron chi connectivity index (χ1n) is 7.26. The van der Waals surface area contributed by atoms with Gasteiger partial charge in [0.05, 0.1) is 17.4 Å². The van der Waals surface area contributed by atoms with E-state index in [1.165, 1.54) is 12.8 Å². The normalized spacial score (nSPS) is 22.4. The van der Waals surface area contributed by atoms with Crippen LogP contribution in [0.15, 0.2) is 6.20 Å². The number of piperidine rings is 1. The average molecular weight is 302 g/mol. The first kappa shape index (κ1) is 17.4. The van der Waals surface area contributed by atoms with E-state index in [1.807, 2.05) is 4.68 Å². The number of hydrogen-bond donors (Lipinski definition) is 1. The molecule has 2 unspecified atom stereocenters. The number of rotatable bonds is 3. The van der Waals surface area contributed by atoms with Crippen LogP contribution in [0, 0.1) is 5.92 Å². The summed E-state index contributed by atoms with van der Waals surface area (Å²) >= 11 is 0. The maximum Gasteiger partial charge on any atom is 0.0967 e. The number of likely N-dealkylation sites (tertiary alicyclic amines) is 1. The molecule has 0 aromatic carbocycles. The summed E-state index contributed by atoms with van der Waals surface area (Å²) in [5.41, 5.74) is 7.08. The Morgan fingerprint density at radius 2 is 2.15 bits per heavy atom. The van der Waals surface area contributed by atoms with Crippen LogP contribution >= 0.6 is 12.4 Å². The van der Waals surface area contributed by atoms with Gasteiger partial charge < -0.3 is 5.73 Å². The molecule has 0 spiro atoms. The second-order valence-electron chi connectivity index (χ2n) is 6.82. The first-order valence-corrected chi connectivity index (χ1v) is 7.26. The smallest absolute Gasteiger partial charge is 0.0967 e. The van der Waals surface area contributed by atoms with Crippen molar-refractivity contribution < 1.29 is 0 Å². The van der Waals surface area contributed by atoms with Gasteiger partial charge in [0.15, 0.2) is 0 Å². The lowest BCUT2D eigenvalue weighted by Crippen LogP contribution is -2.42. The lowest BCUT2D eigenvalue weighted by Gasteiger charge is -2.34. The molecule has 1 fully saturated rings. The van der Waals surface area contributed by atoms with Crippen LogP contribution in [0.3, 0.4) is 0 Å². The number of aromatic nitrogens is 3. The highest BCUT2D eigenvalue weighted by Crippen LogP contribution is 2.20. The van der Waals surface area contributed by atoms with Crippen LogP contribution in [0.25, 0.3) is 0 Å². The third-order valence-electron chi connectivity index (χ3n) is 3.90. The molecule has 5 nitrogen and oxygen atoms in total. The zero-order chi connectivity index (χ0) is 14.0. The van der Waals surface area contributed by atoms with Crippen molar-refractivity contribution in [2.45, 2.75) is 58.7 Å². The van der Waals surface area contributed by atoms with Gasteiger partial charge in [-0.15, -0.1) is 17.5 Å². The Kier molecular flexibility index (Phi) is 5.98. The Labute approximate surface area is 128 Å². The van der Waals surface area contributed by atoms with Crippen molar-refractivity contribution >= 4 is 12.4 Å². The van der Waals surface area contributed by atoms with Crippen LogP contribution in [-0.4, -0.2) is 39.0 Å². The van der Waals surface area contributed by atoms with E-state index in [0.29, 0.717) is 5.92 Å². The molecule has 6 heteroatoms. The molecule has 1 aromatic heterocycles. The summed E-state index contributed by atoms with van der Waals surface area (Å²) in [4.78, 5) is 2.45. The molecular weight excluding hydrogens is 274 g/mol. The molecule has 116 valence electrons. The summed E-state index contributed by atoms with van der Waals surface area (Å²) in [5, 5.41) is 8.51. The average Bonchev–Trinajstić information content (AvgIpc) is 2.77. The second-order valence-corrected chi connectivity index (χ2v) is 6.82. The van der Waals surface area contributed by atoms with E-state index in [0.717, 1.165) is 25.3 Å². The highest BCUT2D eigenvalue weighted by molar-refractivity contribution is 5.85. The zero-order valence-corrected chi connectivity index (χ0v) is 13.9. The Bertz CT molecular complexity index is 410. The first-order chi connectivity index (χ1) is 8.86. The van der Waals surface area contributed by atoms with Crippen molar-refractivity contribution in [2.75, 3.05) is 13.1 Å². The number of nitrogens with two attached hydrogens (primary N) is 1. The molecule has 1 saturated heterocycles. The fraction of sp³-hybridized carbons (Fsp3) is 0.857. The highest BCUT2D eigenvalue weighted by Gasteiger charge is 2.23. The minimum atomic E-state index is 0. The van der Waals surface area contributed by atoms with Crippen LogP contribution in [-0.2, 0) is 12.1 Å². The van der Waals surface area contributed by atoms with Crippen molar-refractivity contribution in [1.29, 1.82) is 0 Å². The van der Waals surface area contributed by atoms with Gasteiger partial charge in [0.25, 0.3) is 0 Å². The van der Waals surface area contributed by atoms with Gasteiger partial charge in [-0.25, -0.2) is 4.68 Å². The predicted octanol–water partition coefficient (Wildman–Crippen LogP) is 2.01. The molecule has 2 N–H and O–H groups in total. The lowest BCUT2D eigenvalue weighted by molar-refractivity contribution is 0.153. The van der Waals surface area contributed by atoms with Crippen molar-refractivity contribution in [3.63, 3.8) is 0 Å². The summed E-state index contributed by atoms with van der Waals surface area (Å²) in [5.74, 6) is 0.617. The van der Waals surface area contributed by atoms with Crippen LogP contribution in [0.5, 0.6) is 0 Å². The fourth-order valence-corrected chi connectivity index (χ4v) is 2.59. The predicted molar refractivity (Wildman–Crippen MR) is 83.9 cm³/mol. The molecule has 2 heterocycles. The molecule has 2 rings (SSSR count). The van der Waals surface area contributed by atoms with Crippen molar-refractivity contribution in [3.8, 4) is 0 Å². The molecule has 0 saturated carbocycles. The van der Waals surface area contributed by atoms with Crippen molar-refractivity contribution in [1.82, 2.24) is 19.9 Å². The van der Waals surface area contributed by atoms with Gasteiger partial charge in [0.1, 0.15) is 0 Å².